The highest BCUT2D eigenvalue weighted by Crippen LogP contribution is 2.14. The Labute approximate surface area is 644 Å². The van der Waals surface area contributed by atoms with Crippen LogP contribution in [0.5, 0.6) is 0 Å². The minimum Gasteiger partial charge on any atom is -0.481 e. The number of nitrogens with two attached hydrogens (primary N) is 6. The molecule has 0 aromatic carbocycles. The molecule has 1 rings (SSSR count). The second-order valence-corrected chi connectivity index (χ2v) is 27.5. The van der Waals surface area contributed by atoms with Crippen molar-refractivity contribution in [3.05, 3.63) is 18.2 Å². The van der Waals surface area contributed by atoms with E-state index in [2.05, 4.69) is 78.8 Å². The highest BCUT2D eigenvalue weighted by molar-refractivity contribution is 6.00. The number of hydrogen-bond donors (Lipinski definition) is 24. The van der Waals surface area contributed by atoms with Crippen molar-refractivity contribution in [1.82, 2.24) is 73.8 Å². The highest BCUT2D eigenvalue weighted by atomic mass is 16.4. The van der Waals surface area contributed by atoms with E-state index in [1.807, 2.05) is 0 Å². The lowest BCUT2D eigenvalue weighted by atomic mass is 10.0. The molecule has 630 valence electrons. The Morgan fingerprint density at radius 3 is 1.28 bits per heavy atom. The molecule has 13 amide bonds. The topological polar surface area (TPSA) is 733 Å². The number of nitrogens with one attached hydrogen (secondary N) is 13. The van der Waals surface area contributed by atoms with Gasteiger partial charge in [-0.2, -0.15) is 0 Å². The van der Waals surface area contributed by atoms with Crippen molar-refractivity contribution in [3.63, 3.8) is 0 Å². The second-order valence-electron chi connectivity index (χ2n) is 27.5. The van der Waals surface area contributed by atoms with Crippen LogP contribution in [0.2, 0.25) is 0 Å². The van der Waals surface area contributed by atoms with Gasteiger partial charge in [-0.05, 0) is 122 Å². The number of guanidine groups is 1. The van der Waals surface area contributed by atoms with Gasteiger partial charge in [0.1, 0.15) is 72.5 Å². The highest BCUT2D eigenvalue weighted by Gasteiger charge is 2.39. The molecule has 1 aromatic heterocycles. The van der Waals surface area contributed by atoms with Crippen LogP contribution in [-0.2, 0) is 87.9 Å². The van der Waals surface area contributed by atoms with Gasteiger partial charge in [0.15, 0.2) is 5.96 Å². The van der Waals surface area contributed by atoms with Gasteiger partial charge in [-0.25, -0.2) is 9.78 Å². The van der Waals surface area contributed by atoms with Gasteiger partial charge in [0.25, 0.3) is 5.97 Å². The van der Waals surface area contributed by atoms with Gasteiger partial charge >= 0.3 is 17.9 Å². The number of aromatic amines is 1. The number of carboxylic acids is 4. The number of aliphatic carboxylic acids is 4. The Morgan fingerprint density at radius 2 is 0.838 bits per heavy atom. The van der Waals surface area contributed by atoms with Crippen molar-refractivity contribution in [2.45, 2.75) is 264 Å². The van der Waals surface area contributed by atoms with Crippen molar-refractivity contribution >= 4 is 107 Å². The first kappa shape index (κ1) is 102. The van der Waals surface area contributed by atoms with E-state index in [4.69, 9.17) is 44.3 Å². The number of carbonyl (C=O) groups excluding carboxylic acids is 13. The van der Waals surface area contributed by atoms with Crippen LogP contribution in [0.25, 0.3) is 0 Å². The first-order valence-electron chi connectivity index (χ1n) is 36.0. The summed E-state index contributed by atoms with van der Waals surface area (Å²) in [4.78, 5) is 235. The number of nitrogens with zero attached hydrogens (tertiary/aromatic N) is 2. The number of imidazole rings is 1. The standard InChI is InChI=1S/C65H113N21O20.C2H4O2.CH4/c1-31(2)25-43(81-52(93)34(7)75-55(96)39(16-11-13-23-67)77-54(95)38(68)15-10-12-22-66)60(101)82-44(27-37-29-72-30-74-37)61(102)78-40(17-14-24-73-65(70)71)56(97)79-41(18-20-47(69)88)57(98)80-42(19-21-48(89)90)58(99)86-51(36(9)87)63(104)85-50(33(5)6)62(103)83-45(28-49(91)92)59(100)76-35(8)53(94)84-46(64(105)106)26-32(3)4;1-2(3)4;/h29-36,38-46,50-51,87H,10-28,66-68H2,1-9H3,(H2,69,88)(H,72,74)(H,75,96)(H,76,100)(H,77,95)(H,78,102)(H,79,97)(H,80,98)(H,81,93)(H,82,101)(H,83,103)(H,84,94)(H,85,104)(H,86,99)(H,89,90)(H,91,92)(H,105,106)(H4,70,71,73);1H3,(H,3,4);1H4/t34-,35-,36+,38-,39-,40-,41-,42-,43-,44-,45-,46-,50-,51-;;/m0../s1. The molecular weight excluding hydrogens is 1460 g/mol. The van der Waals surface area contributed by atoms with Crippen molar-refractivity contribution in [2.24, 2.45) is 57.1 Å². The molecule has 0 spiro atoms. The third-order valence-electron chi connectivity index (χ3n) is 16.2. The summed E-state index contributed by atoms with van der Waals surface area (Å²) >= 11 is 0. The number of amides is 13. The molecule has 0 radical (unpaired) electrons. The third kappa shape index (κ3) is 43.3. The molecule has 0 saturated carbocycles. The lowest BCUT2D eigenvalue weighted by Gasteiger charge is -2.29. The van der Waals surface area contributed by atoms with Gasteiger partial charge in [0, 0.05) is 44.6 Å². The zero-order valence-electron chi connectivity index (χ0n) is 63.9. The number of hydrogen-bond acceptors (Lipinski definition) is 23. The van der Waals surface area contributed by atoms with Crippen LogP contribution in [0.15, 0.2) is 17.5 Å². The average Bonchev–Trinajstić information content (AvgIpc) is 0.931. The maximum atomic E-state index is 14.7. The normalized spacial score (nSPS) is 14.7. The van der Waals surface area contributed by atoms with Crippen LogP contribution in [0.1, 0.15) is 179 Å². The maximum Gasteiger partial charge on any atom is 0.326 e. The van der Waals surface area contributed by atoms with E-state index in [0.717, 1.165) is 13.8 Å². The fourth-order valence-corrected chi connectivity index (χ4v) is 10.3. The number of aliphatic hydroxyl groups excluding tert-OH is 1. The van der Waals surface area contributed by atoms with Gasteiger partial charge in [0.2, 0.25) is 76.8 Å². The van der Waals surface area contributed by atoms with Gasteiger partial charge in [-0.15, -0.1) is 0 Å². The fraction of sp³-hybridized carbons (Fsp3) is 0.691. The number of aliphatic hydroxyl groups is 1. The molecule has 111 heavy (non-hydrogen) atoms. The summed E-state index contributed by atoms with van der Waals surface area (Å²) in [5.41, 5.74) is 34.2. The molecule has 0 fully saturated rings. The van der Waals surface area contributed by atoms with E-state index < -0.39 is 223 Å². The van der Waals surface area contributed by atoms with Gasteiger partial charge in [-0.3, -0.25) is 81.7 Å². The van der Waals surface area contributed by atoms with Crippen molar-refractivity contribution in [3.8, 4) is 0 Å². The largest absolute Gasteiger partial charge is 0.481 e. The average molecular weight is 1580 g/mol. The first-order valence-corrected chi connectivity index (χ1v) is 36.0. The van der Waals surface area contributed by atoms with E-state index in [0.29, 0.717) is 45.2 Å². The Kier molecular flexibility index (Phi) is 49.8. The number of carbonyl (C=O) groups is 17. The molecule has 0 unspecified atom stereocenters. The summed E-state index contributed by atoms with van der Waals surface area (Å²) in [6, 6.07) is -20.2. The molecule has 0 aliphatic carbocycles. The molecule has 1 aromatic rings. The number of H-pyrrole nitrogens is 1. The number of unbranched alkanes of at least 4 members (excludes halogenated alkanes) is 2. The van der Waals surface area contributed by atoms with E-state index in [1.165, 1.54) is 40.2 Å². The number of aliphatic imine (C=N–C) groups is 1. The Morgan fingerprint density at radius 1 is 0.450 bits per heavy atom. The van der Waals surface area contributed by atoms with Gasteiger partial charge in [0.05, 0.1) is 24.9 Å². The summed E-state index contributed by atoms with van der Waals surface area (Å²) in [7, 11) is 0. The zero-order valence-corrected chi connectivity index (χ0v) is 63.9. The van der Waals surface area contributed by atoms with Gasteiger partial charge in [-0.1, -0.05) is 55.4 Å². The number of rotatable bonds is 53. The SMILES string of the molecule is C.CC(=O)O.CC(C)C[C@H](NC(=O)[C@H](C)NC(=O)[C@H](CC(=O)O)NC(=O)[C@@H](NC(=O)[C@@H](NC(=O)[C@H](CCC(=O)O)NC(=O)[C@H](CCC(N)=O)NC(=O)[C@H](CCCN=C(N)N)NC(=O)[C@H](Cc1cnc[nH]1)NC(=O)[C@H](CC(C)C)NC(=O)[C@H](C)NC(=O)[C@H](CCCCN)NC(=O)[C@@H](N)CCCCN)[C@@H](C)O)C(C)C)C(=O)O. The third-order valence-corrected chi connectivity index (χ3v) is 16.2. The maximum absolute atomic E-state index is 14.7. The summed E-state index contributed by atoms with van der Waals surface area (Å²) < 4.78 is 0. The molecule has 0 bridgehead atoms. The predicted molar refractivity (Wildman–Crippen MR) is 401 cm³/mol. The van der Waals surface area contributed by atoms with Crippen LogP contribution in [0.3, 0.4) is 0 Å². The lowest BCUT2D eigenvalue weighted by molar-refractivity contribution is -0.143. The van der Waals surface area contributed by atoms with E-state index >= 15 is 0 Å². The number of primary amides is 1. The Bertz CT molecular complexity index is 3240. The Hall–Kier alpha value is -10.7. The smallest absolute Gasteiger partial charge is 0.326 e. The molecular formula is C68H121N21O22. The summed E-state index contributed by atoms with van der Waals surface area (Å²) in [5, 5.41) is 76.3. The monoisotopic (exact) mass is 1580 g/mol. The fourth-order valence-electron chi connectivity index (χ4n) is 10.3. The summed E-state index contributed by atoms with van der Waals surface area (Å²) in [6.45, 7) is 14.9. The lowest BCUT2D eigenvalue weighted by Crippen LogP contribution is -2.62. The molecule has 43 heteroatoms. The molecule has 0 saturated heterocycles. The number of aromatic nitrogens is 2. The first-order chi connectivity index (χ1) is 51.3. The Balaban J connectivity index is 0. The van der Waals surface area contributed by atoms with Crippen LogP contribution < -0.4 is 98.2 Å². The molecule has 43 nitrogen and oxygen atoms in total. The predicted octanol–water partition coefficient (Wildman–Crippen LogP) is -6.01. The van der Waals surface area contributed by atoms with Crippen molar-refractivity contribution in [1.29, 1.82) is 0 Å². The second kappa shape index (κ2) is 54.0. The van der Waals surface area contributed by atoms with Crippen molar-refractivity contribution < 1.29 is 107 Å². The minimum atomic E-state index is -2.03. The van der Waals surface area contributed by atoms with Gasteiger partial charge < -0.3 is 129 Å². The van der Waals surface area contributed by atoms with E-state index in [-0.39, 0.29) is 76.0 Å². The molecule has 14 atom stereocenters. The quantitative estimate of drug-likeness (QED) is 0.0164. The minimum absolute atomic E-state index is 0. The van der Waals surface area contributed by atoms with E-state index in [9.17, 15) is 97.1 Å². The summed E-state index contributed by atoms with van der Waals surface area (Å²) in [5.74, 6) is -20.5. The van der Waals surface area contributed by atoms with Crippen LogP contribution in [-0.4, -0.2) is 246 Å². The van der Waals surface area contributed by atoms with Crippen LogP contribution in [0, 0.1) is 17.8 Å². The molecule has 1 heterocycles. The molecule has 0 aliphatic heterocycles. The molecule has 0 aliphatic rings. The molecule has 30 N–H and O–H groups in total. The number of carboxylic acid groups (broad SMARTS) is 4. The zero-order chi connectivity index (χ0) is 84.2. The summed E-state index contributed by atoms with van der Waals surface area (Å²) in [6.07, 6.45) is -1.22. The van der Waals surface area contributed by atoms with Crippen LogP contribution >= 0.6 is 0 Å². The van der Waals surface area contributed by atoms with E-state index in [1.54, 1.807) is 27.7 Å². The van der Waals surface area contributed by atoms with Crippen molar-refractivity contribution in [2.75, 3.05) is 19.6 Å². The van der Waals surface area contributed by atoms with Crippen LogP contribution in [0.4, 0.5) is 0 Å².